The van der Waals surface area contributed by atoms with Gasteiger partial charge in [0.1, 0.15) is 11.3 Å². The first-order valence-corrected chi connectivity index (χ1v) is 12.0. The lowest BCUT2D eigenvalue weighted by Gasteiger charge is -2.33. The second-order valence-corrected chi connectivity index (χ2v) is 9.11. The molecule has 1 amide bonds. The van der Waals surface area contributed by atoms with Crippen molar-refractivity contribution in [3.8, 4) is 0 Å². The highest BCUT2D eigenvalue weighted by Gasteiger charge is 2.26. The number of aromatic nitrogens is 3. The van der Waals surface area contributed by atoms with Gasteiger partial charge in [-0.2, -0.15) is 0 Å². The van der Waals surface area contributed by atoms with Crippen LogP contribution < -0.4 is 0 Å². The molecule has 6 heteroatoms. The van der Waals surface area contributed by atoms with Crippen LogP contribution in [0.5, 0.6) is 0 Å². The molecule has 0 unspecified atom stereocenters. The molecule has 5 rings (SSSR count). The van der Waals surface area contributed by atoms with Gasteiger partial charge in [-0.3, -0.25) is 4.79 Å². The molecule has 0 spiro atoms. The average molecular weight is 443 g/mol. The van der Waals surface area contributed by atoms with Gasteiger partial charge in [0.15, 0.2) is 5.65 Å². The Hall–Kier alpha value is -3.25. The average Bonchev–Trinajstić information content (AvgIpc) is 3.49. The van der Waals surface area contributed by atoms with Crippen LogP contribution in [-0.4, -0.2) is 38.4 Å². The Morgan fingerprint density at radius 3 is 2.66 bits per heavy atom. The number of likely N-dealkylation sites (tertiary alicyclic amines) is 1. The van der Waals surface area contributed by atoms with Gasteiger partial charge in [0.25, 0.3) is 0 Å². The van der Waals surface area contributed by atoms with Crippen LogP contribution in [0.2, 0.25) is 0 Å². The number of hydrogen-bond acceptors (Lipinski definition) is 4. The van der Waals surface area contributed by atoms with Crippen molar-refractivity contribution in [3.63, 3.8) is 0 Å². The number of piperidine rings is 1. The summed E-state index contributed by atoms with van der Waals surface area (Å²) < 4.78 is 2.33. The maximum atomic E-state index is 12.6. The molecular weight excluding hydrogens is 416 g/mol. The smallest absolute Gasteiger partial charge is 0.246 e. The molecule has 162 valence electrons. The summed E-state index contributed by atoms with van der Waals surface area (Å²) in [5.74, 6) is 1.18. The molecule has 1 aliphatic rings. The maximum Gasteiger partial charge on any atom is 0.246 e. The number of rotatable bonds is 6. The van der Waals surface area contributed by atoms with Crippen molar-refractivity contribution >= 4 is 34.5 Å². The number of nitrogens with zero attached hydrogens (tertiary/aromatic N) is 4. The molecule has 0 bridgehead atoms. The summed E-state index contributed by atoms with van der Waals surface area (Å²) in [6, 6.07) is 18.9. The number of benzene rings is 1. The third kappa shape index (κ3) is 4.50. The highest BCUT2D eigenvalue weighted by atomic mass is 32.1. The van der Waals surface area contributed by atoms with Gasteiger partial charge in [0.05, 0.1) is 0 Å². The Bertz CT molecular complexity index is 1210. The maximum absolute atomic E-state index is 12.6. The number of thiophene rings is 1. The fraction of sp³-hybridized carbons (Fsp3) is 0.269. The van der Waals surface area contributed by atoms with Gasteiger partial charge >= 0.3 is 0 Å². The predicted molar refractivity (Wildman–Crippen MR) is 130 cm³/mol. The van der Waals surface area contributed by atoms with Crippen LogP contribution in [-0.2, 0) is 17.6 Å². The fourth-order valence-corrected chi connectivity index (χ4v) is 5.04. The predicted octanol–water partition coefficient (Wildman–Crippen LogP) is 5.15. The first-order chi connectivity index (χ1) is 15.8. The zero-order valence-corrected chi connectivity index (χ0v) is 18.7. The van der Waals surface area contributed by atoms with E-state index in [0.29, 0.717) is 6.04 Å². The number of carbonyl (C=O) groups excluding carboxylic acids is 1. The molecule has 0 saturated carbocycles. The number of fused-ring (bicyclic) bond motifs is 1. The Morgan fingerprint density at radius 2 is 1.88 bits per heavy atom. The Labute approximate surface area is 192 Å². The fourth-order valence-electron chi connectivity index (χ4n) is 4.43. The van der Waals surface area contributed by atoms with E-state index < -0.39 is 0 Å². The highest BCUT2D eigenvalue weighted by molar-refractivity contribution is 7.10. The molecule has 4 heterocycles. The Balaban J connectivity index is 1.30. The van der Waals surface area contributed by atoms with Crippen LogP contribution in [0.15, 0.2) is 72.3 Å². The van der Waals surface area contributed by atoms with Gasteiger partial charge < -0.3 is 9.47 Å². The summed E-state index contributed by atoms with van der Waals surface area (Å²) in [5, 5.41) is 2.02. The summed E-state index contributed by atoms with van der Waals surface area (Å²) in [4.78, 5) is 25.3. The summed E-state index contributed by atoms with van der Waals surface area (Å²) in [7, 11) is 0. The van der Waals surface area contributed by atoms with Crippen molar-refractivity contribution in [2.45, 2.75) is 31.7 Å². The van der Waals surface area contributed by atoms with Crippen LogP contribution in [0.1, 0.15) is 35.1 Å². The Morgan fingerprint density at radius 1 is 1.03 bits per heavy atom. The van der Waals surface area contributed by atoms with Crippen LogP contribution in [0.4, 0.5) is 0 Å². The molecule has 0 atom stereocenters. The highest BCUT2D eigenvalue weighted by Crippen LogP contribution is 2.29. The van der Waals surface area contributed by atoms with Gasteiger partial charge in [-0.1, -0.05) is 36.4 Å². The molecule has 5 nitrogen and oxygen atoms in total. The van der Waals surface area contributed by atoms with E-state index in [9.17, 15) is 4.79 Å². The van der Waals surface area contributed by atoms with Crippen LogP contribution >= 0.6 is 11.3 Å². The van der Waals surface area contributed by atoms with E-state index in [1.807, 2.05) is 52.9 Å². The lowest BCUT2D eigenvalue weighted by Crippen LogP contribution is -2.38. The lowest BCUT2D eigenvalue weighted by atomic mass is 10.0. The van der Waals surface area contributed by atoms with Crippen molar-refractivity contribution in [2.75, 3.05) is 13.1 Å². The van der Waals surface area contributed by atoms with Crippen molar-refractivity contribution in [1.29, 1.82) is 0 Å². The van der Waals surface area contributed by atoms with Crippen molar-refractivity contribution in [1.82, 2.24) is 19.4 Å². The minimum absolute atomic E-state index is 0.0924. The molecule has 1 aliphatic heterocycles. The molecule has 1 aromatic carbocycles. The quantitative estimate of drug-likeness (QED) is 0.388. The zero-order chi connectivity index (χ0) is 21.8. The second kappa shape index (κ2) is 9.49. The molecule has 1 fully saturated rings. The minimum Gasteiger partial charge on any atom is -0.339 e. The normalized spacial score (nSPS) is 15.1. The van der Waals surface area contributed by atoms with E-state index >= 15 is 0 Å². The minimum atomic E-state index is 0.0924. The molecule has 4 aromatic rings. The van der Waals surface area contributed by atoms with Gasteiger partial charge in [0.2, 0.25) is 5.91 Å². The number of imidazole rings is 1. The number of pyridine rings is 1. The van der Waals surface area contributed by atoms with E-state index in [2.05, 4.69) is 33.8 Å². The summed E-state index contributed by atoms with van der Waals surface area (Å²) >= 11 is 1.64. The summed E-state index contributed by atoms with van der Waals surface area (Å²) in [5.41, 5.74) is 3.22. The molecular formula is C26H26N4OS. The summed E-state index contributed by atoms with van der Waals surface area (Å²) in [6.45, 7) is 1.51. The SMILES string of the molecule is O=C(C=Cc1cccs1)N1CCC(n2c(CCc3ccccc3)nc3cccnc32)CC1. The topological polar surface area (TPSA) is 51.0 Å². The van der Waals surface area contributed by atoms with Crippen LogP contribution in [0.25, 0.3) is 17.2 Å². The number of hydrogen-bond donors (Lipinski definition) is 0. The van der Waals surface area contributed by atoms with E-state index in [0.717, 1.165) is 60.6 Å². The second-order valence-electron chi connectivity index (χ2n) is 8.13. The molecule has 0 radical (unpaired) electrons. The Kier molecular flexibility index (Phi) is 6.12. The van der Waals surface area contributed by atoms with E-state index in [1.54, 1.807) is 17.4 Å². The standard InChI is InChI=1S/C26H26N4OS/c31-25(13-11-22-8-5-19-32-22)29-17-14-21(15-18-29)30-24(12-10-20-6-2-1-3-7-20)28-23-9-4-16-27-26(23)30/h1-9,11,13,16,19,21H,10,12,14-15,17-18H2. The van der Waals surface area contributed by atoms with Gasteiger partial charge in [0, 0.05) is 42.7 Å². The van der Waals surface area contributed by atoms with Crippen LogP contribution in [0.3, 0.4) is 0 Å². The largest absolute Gasteiger partial charge is 0.339 e. The van der Waals surface area contributed by atoms with E-state index in [-0.39, 0.29) is 5.91 Å². The molecule has 32 heavy (non-hydrogen) atoms. The number of carbonyl (C=O) groups is 1. The first-order valence-electron chi connectivity index (χ1n) is 11.1. The number of amides is 1. The molecule has 0 aliphatic carbocycles. The number of aryl methyl sites for hydroxylation is 2. The van der Waals surface area contributed by atoms with Crippen molar-refractivity contribution < 1.29 is 4.79 Å². The summed E-state index contributed by atoms with van der Waals surface area (Å²) in [6.07, 6.45) is 9.12. The van der Waals surface area contributed by atoms with Gasteiger partial charge in [-0.05, 0) is 54.5 Å². The molecule has 3 aromatic heterocycles. The first kappa shape index (κ1) is 20.6. The van der Waals surface area contributed by atoms with Gasteiger partial charge in [-0.25, -0.2) is 9.97 Å². The van der Waals surface area contributed by atoms with Gasteiger partial charge in [-0.15, -0.1) is 11.3 Å². The zero-order valence-electron chi connectivity index (χ0n) is 17.9. The van der Waals surface area contributed by atoms with E-state index in [1.165, 1.54) is 5.56 Å². The molecule has 1 saturated heterocycles. The van der Waals surface area contributed by atoms with E-state index in [4.69, 9.17) is 4.98 Å². The van der Waals surface area contributed by atoms with Crippen molar-refractivity contribution in [3.05, 3.63) is 88.5 Å². The van der Waals surface area contributed by atoms with Crippen molar-refractivity contribution in [2.24, 2.45) is 0 Å². The third-order valence-corrected chi connectivity index (χ3v) is 6.91. The monoisotopic (exact) mass is 442 g/mol. The lowest BCUT2D eigenvalue weighted by molar-refractivity contribution is -0.127. The molecule has 0 N–H and O–H groups in total. The third-order valence-electron chi connectivity index (χ3n) is 6.08. The van der Waals surface area contributed by atoms with Crippen LogP contribution in [0, 0.1) is 0 Å².